The normalized spacial score (nSPS) is 14.4. The first kappa shape index (κ1) is 22.6. The molecule has 0 aliphatic carbocycles. The lowest BCUT2D eigenvalue weighted by Crippen LogP contribution is -2.63. The van der Waals surface area contributed by atoms with Gasteiger partial charge in [-0.25, -0.2) is 0 Å². The molecule has 0 aliphatic rings. The quantitative estimate of drug-likeness (QED) is 0.385. The molecule has 0 saturated heterocycles. The minimum atomic E-state index is -7.35. The number of fused-ring (bicyclic) bond motifs is 1. The fraction of sp³-hybridized carbons (Fsp3) is 0.286. The summed E-state index contributed by atoms with van der Waals surface area (Å²) in [6.07, 6.45) is -7.15. The van der Waals surface area contributed by atoms with Gasteiger partial charge in [0.25, 0.3) is 0 Å². The molecule has 28 heavy (non-hydrogen) atoms. The van der Waals surface area contributed by atoms with E-state index in [0.29, 0.717) is 9.86 Å². The number of rotatable bonds is 5. The van der Waals surface area contributed by atoms with Crippen LogP contribution in [0.3, 0.4) is 0 Å². The van der Waals surface area contributed by atoms with Gasteiger partial charge in [-0.1, -0.05) is 28.1 Å². The van der Waals surface area contributed by atoms with E-state index < -0.39 is 39.1 Å². The van der Waals surface area contributed by atoms with Crippen LogP contribution in [0.2, 0.25) is 0 Å². The fourth-order valence-corrected chi connectivity index (χ4v) is 3.23. The first-order valence-corrected chi connectivity index (χ1v) is 8.98. The summed E-state index contributed by atoms with van der Waals surface area (Å²) in [5.74, 6) is -15.7. The van der Waals surface area contributed by atoms with Crippen LogP contribution in [-0.4, -0.2) is 31.7 Å². The molecule has 0 atom stereocenters. The van der Waals surface area contributed by atoms with Gasteiger partial charge < -0.3 is 4.18 Å². The summed E-state index contributed by atoms with van der Waals surface area (Å²) < 4.78 is 143. The molecule has 0 aliphatic heterocycles. The summed E-state index contributed by atoms with van der Waals surface area (Å²) in [4.78, 5) is 0. The molecule has 0 heterocycles. The van der Waals surface area contributed by atoms with Gasteiger partial charge in [0, 0.05) is 4.47 Å². The summed E-state index contributed by atoms with van der Waals surface area (Å²) in [6, 6.07) is 6.90. The molecule has 0 aromatic heterocycles. The number of hydrogen-bond acceptors (Lipinski definition) is 3. The molecular formula is C14H6BrF9O3S. The van der Waals surface area contributed by atoms with Crippen molar-refractivity contribution in [2.45, 2.75) is 23.3 Å². The van der Waals surface area contributed by atoms with Gasteiger partial charge in [-0.05, 0) is 35.0 Å². The van der Waals surface area contributed by atoms with Gasteiger partial charge in [-0.2, -0.15) is 47.9 Å². The lowest BCUT2D eigenvalue weighted by molar-refractivity contribution is -0.382. The van der Waals surface area contributed by atoms with E-state index in [0.717, 1.165) is 18.2 Å². The lowest BCUT2D eigenvalue weighted by Gasteiger charge is -2.32. The lowest BCUT2D eigenvalue weighted by atomic mass is 10.1. The molecule has 0 bridgehead atoms. The highest BCUT2D eigenvalue weighted by Crippen LogP contribution is 2.55. The summed E-state index contributed by atoms with van der Waals surface area (Å²) in [6.45, 7) is 0. The average molecular weight is 505 g/mol. The highest BCUT2D eigenvalue weighted by Gasteiger charge is 2.86. The Labute approximate surface area is 159 Å². The maximum atomic E-state index is 13.6. The fourth-order valence-electron chi connectivity index (χ4n) is 1.94. The van der Waals surface area contributed by atoms with Gasteiger partial charge in [0.05, 0.1) is 0 Å². The van der Waals surface area contributed by atoms with Gasteiger partial charge in [-0.15, -0.1) is 0 Å². The largest absolute Gasteiger partial charge is 0.460 e. The number of hydrogen-bond donors (Lipinski definition) is 0. The van der Waals surface area contributed by atoms with E-state index in [9.17, 15) is 47.9 Å². The minimum absolute atomic E-state index is 0.173. The van der Waals surface area contributed by atoms with Gasteiger partial charge in [0.1, 0.15) is 5.75 Å². The van der Waals surface area contributed by atoms with Crippen LogP contribution in [0.1, 0.15) is 0 Å². The average Bonchev–Trinajstić information content (AvgIpc) is 2.53. The van der Waals surface area contributed by atoms with E-state index in [4.69, 9.17) is 0 Å². The van der Waals surface area contributed by atoms with Crippen molar-refractivity contribution in [2.24, 2.45) is 0 Å². The number of benzene rings is 2. The Hall–Kier alpha value is -1.70. The summed E-state index contributed by atoms with van der Waals surface area (Å²) in [5, 5.41) is -6.32. The molecule has 0 saturated carbocycles. The number of alkyl halides is 9. The van der Waals surface area contributed by atoms with Gasteiger partial charge in [0.2, 0.25) is 0 Å². The molecule has 2 rings (SSSR count). The third-order valence-electron chi connectivity index (χ3n) is 3.41. The SMILES string of the molecule is O=S(=O)(Oc1ccc2cc(Br)ccc2c1)C(F)(F)C(F)(F)C(F)(F)C(F)(F)F. The highest BCUT2D eigenvalue weighted by atomic mass is 79.9. The van der Waals surface area contributed by atoms with Crippen molar-refractivity contribution in [1.29, 1.82) is 0 Å². The van der Waals surface area contributed by atoms with Crippen molar-refractivity contribution >= 4 is 36.8 Å². The number of halogens is 10. The molecule has 0 spiro atoms. The molecule has 0 radical (unpaired) electrons. The molecule has 156 valence electrons. The highest BCUT2D eigenvalue weighted by molar-refractivity contribution is 9.10. The zero-order valence-corrected chi connectivity index (χ0v) is 15.3. The van der Waals surface area contributed by atoms with Crippen molar-refractivity contribution in [3.8, 4) is 5.75 Å². The zero-order valence-electron chi connectivity index (χ0n) is 12.9. The van der Waals surface area contributed by atoms with Crippen molar-refractivity contribution in [3.05, 3.63) is 40.9 Å². The second kappa shape index (κ2) is 6.68. The molecule has 0 unspecified atom stereocenters. The monoisotopic (exact) mass is 504 g/mol. The Balaban J connectivity index is 2.46. The van der Waals surface area contributed by atoms with Crippen molar-refractivity contribution in [2.75, 3.05) is 0 Å². The van der Waals surface area contributed by atoms with Crippen LogP contribution >= 0.6 is 15.9 Å². The van der Waals surface area contributed by atoms with Gasteiger partial charge >= 0.3 is 33.4 Å². The summed E-state index contributed by atoms with van der Waals surface area (Å²) >= 11 is 3.11. The van der Waals surface area contributed by atoms with Crippen molar-refractivity contribution in [3.63, 3.8) is 0 Å². The Morgan fingerprint density at radius 1 is 0.750 bits per heavy atom. The maximum Gasteiger partial charge on any atom is 0.460 e. The van der Waals surface area contributed by atoms with E-state index in [-0.39, 0.29) is 5.39 Å². The Morgan fingerprint density at radius 3 is 1.79 bits per heavy atom. The van der Waals surface area contributed by atoms with Crippen LogP contribution in [0.4, 0.5) is 39.5 Å². The molecular weight excluding hydrogens is 499 g/mol. The van der Waals surface area contributed by atoms with Crippen LogP contribution in [-0.2, 0) is 10.1 Å². The van der Waals surface area contributed by atoms with E-state index in [1.807, 2.05) is 0 Å². The van der Waals surface area contributed by atoms with Gasteiger partial charge in [0.15, 0.2) is 0 Å². The maximum absolute atomic E-state index is 13.6. The van der Waals surface area contributed by atoms with E-state index >= 15 is 0 Å². The summed E-state index contributed by atoms with van der Waals surface area (Å²) in [7, 11) is -6.96. The Kier molecular flexibility index (Phi) is 5.39. The van der Waals surface area contributed by atoms with E-state index in [1.165, 1.54) is 18.2 Å². The van der Waals surface area contributed by atoms with Crippen molar-refractivity contribution < 1.29 is 52.1 Å². The Morgan fingerprint density at radius 2 is 1.25 bits per heavy atom. The van der Waals surface area contributed by atoms with Crippen LogP contribution in [0.25, 0.3) is 10.8 Å². The first-order chi connectivity index (χ1) is 12.4. The first-order valence-electron chi connectivity index (χ1n) is 6.77. The second-order valence-corrected chi connectivity index (χ2v) is 7.86. The predicted octanol–water partition coefficient (Wildman–Crippen LogP) is 5.74. The second-order valence-electron chi connectivity index (χ2n) is 5.35. The summed E-state index contributed by atoms with van der Waals surface area (Å²) in [5.41, 5.74) is 0. The molecule has 2 aromatic rings. The molecule has 0 amide bonds. The molecule has 0 fully saturated rings. The topological polar surface area (TPSA) is 43.4 Å². The Bertz CT molecular complexity index is 1000. The van der Waals surface area contributed by atoms with E-state index in [2.05, 4.69) is 20.1 Å². The molecule has 0 N–H and O–H groups in total. The molecule has 14 heteroatoms. The molecule has 2 aromatic carbocycles. The van der Waals surface area contributed by atoms with Crippen LogP contribution in [0, 0.1) is 0 Å². The minimum Gasteiger partial charge on any atom is -0.378 e. The predicted molar refractivity (Wildman–Crippen MR) is 82.1 cm³/mol. The zero-order chi connectivity index (χ0) is 21.8. The van der Waals surface area contributed by atoms with Crippen LogP contribution in [0.5, 0.6) is 5.75 Å². The van der Waals surface area contributed by atoms with Crippen LogP contribution < -0.4 is 4.18 Å². The smallest absolute Gasteiger partial charge is 0.378 e. The standard InChI is InChI=1S/C14H6BrF9O3S/c15-9-3-1-8-6-10(4-2-7(8)5-9)27-28(25,26)14(23,24)12(18,19)11(16,17)13(20,21)22/h1-6H. The molecule has 3 nitrogen and oxygen atoms in total. The van der Waals surface area contributed by atoms with Crippen LogP contribution in [0.15, 0.2) is 40.9 Å². The van der Waals surface area contributed by atoms with E-state index in [1.54, 1.807) is 0 Å². The van der Waals surface area contributed by atoms with Crippen molar-refractivity contribution in [1.82, 2.24) is 0 Å². The van der Waals surface area contributed by atoms with Gasteiger partial charge in [-0.3, -0.25) is 0 Å². The third kappa shape index (κ3) is 3.51. The third-order valence-corrected chi connectivity index (χ3v) is 5.20.